The van der Waals surface area contributed by atoms with E-state index in [-0.39, 0.29) is 5.69 Å². The molecule has 0 fully saturated rings. The second-order valence-electron chi connectivity index (χ2n) is 5.44. The van der Waals surface area contributed by atoms with Crippen molar-refractivity contribution < 1.29 is 18.3 Å². The van der Waals surface area contributed by atoms with Crippen molar-refractivity contribution in [2.75, 3.05) is 13.3 Å². The second kappa shape index (κ2) is 4.30. The van der Waals surface area contributed by atoms with Gasteiger partial charge in [0.1, 0.15) is 5.69 Å². The number of alkyl halides is 2. The van der Waals surface area contributed by atoms with E-state index >= 15 is 0 Å². The molecule has 3 nitrogen and oxygen atoms in total. The molecule has 0 bridgehead atoms. The zero-order valence-electron chi connectivity index (χ0n) is 11.3. The molecule has 0 amide bonds. The van der Waals surface area contributed by atoms with Gasteiger partial charge in [-0.2, -0.15) is 0 Å². The molecule has 1 aromatic heterocycles. The van der Waals surface area contributed by atoms with Crippen LogP contribution in [-0.4, -0.2) is 23.9 Å². The summed E-state index contributed by atoms with van der Waals surface area (Å²) in [7, 11) is 0. The number of cyclic esters (lactones) is 1. The molecule has 2 heterocycles. The Morgan fingerprint density at radius 3 is 2.55 bits per heavy atom. The first kappa shape index (κ1) is 13.1. The number of aromatic nitrogens is 1. The van der Waals surface area contributed by atoms with Crippen molar-refractivity contribution in [2.24, 2.45) is 0 Å². The summed E-state index contributed by atoms with van der Waals surface area (Å²) < 4.78 is 32.8. The van der Waals surface area contributed by atoms with Crippen LogP contribution in [-0.2, 0) is 10.5 Å². The lowest BCUT2D eigenvalue weighted by atomic mass is 10.0. The van der Waals surface area contributed by atoms with Crippen LogP contribution < -0.4 is 0 Å². The third-order valence-corrected chi connectivity index (χ3v) is 3.81. The molecule has 0 spiro atoms. The molecule has 2 aromatic rings. The van der Waals surface area contributed by atoms with Gasteiger partial charge in [0.15, 0.2) is 13.3 Å². The Labute approximate surface area is 115 Å². The van der Waals surface area contributed by atoms with Gasteiger partial charge < -0.3 is 4.74 Å². The average Bonchev–Trinajstić information content (AvgIpc) is 2.95. The third-order valence-electron chi connectivity index (χ3n) is 3.81. The Kier molecular flexibility index (Phi) is 2.81. The molecule has 3 rings (SSSR count). The summed E-state index contributed by atoms with van der Waals surface area (Å²) in [6.45, 7) is 1.95. The lowest BCUT2D eigenvalue weighted by Crippen LogP contribution is -2.37. The van der Waals surface area contributed by atoms with Crippen LogP contribution in [0.25, 0.3) is 10.9 Å². The van der Waals surface area contributed by atoms with Gasteiger partial charge in [-0.3, -0.25) is 4.57 Å². The number of hydrogen-bond acceptors (Lipinski definition) is 2. The van der Waals surface area contributed by atoms with Crippen molar-refractivity contribution in [3.63, 3.8) is 0 Å². The van der Waals surface area contributed by atoms with E-state index in [2.05, 4.69) is 13.8 Å². The smallest absolute Gasteiger partial charge is 0.357 e. The minimum atomic E-state index is -1.84. The predicted octanol–water partition coefficient (Wildman–Crippen LogP) is 3.53. The Hall–Kier alpha value is -1.91. The molecule has 5 heteroatoms. The predicted molar refractivity (Wildman–Crippen MR) is 71.4 cm³/mol. The van der Waals surface area contributed by atoms with E-state index in [1.165, 1.54) is 4.57 Å². The minimum absolute atomic E-state index is 0.205. The number of benzene rings is 1. The molecule has 0 radical (unpaired) electrons. The number of ether oxygens (including phenoxy) is 1. The maximum atomic E-state index is 13.3. The first-order valence-electron chi connectivity index (χ1n) is 6.53. The van der Waals surface area contributed by atoms with Crippen molar-refractivity contribution in [3.05, 3.63) is 35.5 Å². The Morgan fingerprint density at radius 1 is 1.25 bits per heavy atom. The maximum absolute atomic E-state index is 13.3. The Bertz CT molecular complexity index is 686. The van der Waals surface area contributed by atoms with Crippen LogP contribution in [0.15, 0.2) is 24.3 Å². The van der Waals surface area contributed by atoms with E-state index in [1.807, 2.05) is 12.1 Å². The van der Waals surface area contributed by atoms with Gasteiger partial charge in [0.05, 0.1) is 5.52 Å². The number of carbonyl (C=O) groups excluding carboxylic acids is 1. The summed E-state index contributed by atoms with van der Waals surface area (Å²) in [5, 5.41) is 0.800. The van der Waals surface area contributed by atoms with Gasteiger partial charge >= 0.3 is 5.97 Å². The number of carbonyl (C=O) groups is 1. The van der Waals surface area contributed by atoms with Gasteiger partial charge in [0, 0.05) is 5.39 Å². The second-order valence-corrected chi connectivity index (χ2v) is 5.44. The highest BCUT2D eigenvalue weighted by molar-refractivity contribution is 5.98. The standard InChI is InChI=1S/C15H15F2NO2/c1-9(2)10-3-4-12-11(5-10)6-13-14(19)20-15(7-16,8-17)18(12)13/h3-6,9H,7-8H2,1-2H3. The van der Waals surface area contributed by atoms with Crippen LogP contribution in [0.3, 0.4) is 0 Å². The van der Waals surface area contributed by atoms with Crippen LogP contribution in [0.1, 0.15) is 35.8 Å². The lowest BCUT2D eigenvalue weighted by Gasteiger charge is -2.24. The molecular formula is C15H15F2NO2. The first-order valence-corrected chi connectivity index (χ1v) is 6.53. The van der Waals surface area contributed by atoms with Crippen molar-refractivity contribution in [2.45, 2.75) is 25.5 Å². The zero-order chi connectivity index (χ0) is 14.5. The highest BCUT2D eigenvalue weighted by Gasteiger charge is 2.47. The van der Waals surface area contributed by atoms with Crippen molar-refractivity contribution in [1.29, 1.82) is 0 Å². The van der Waals surface area contributed by atoms with Crippen molar-refractivity contribution in [3.8, 4) is 0 Å². The molecule has 106 valence electrons. The fraction of sp³-hybridized carbons (Fsp3) is 0.400. The summed E-state index contributed by atoms with van der Waals surface area (Å²) in [6, 6.07) is 7.27. The molecule has 0 unspecified atom stereocenters. The van der Waals surface area contributed by atoms with Crippen LogP contribution >= 0.6 is 0 Å². The fourth-order valence-electron chi connectivity index (χ4n) is 2.66. The Balaban J connectivity index is 2.27. The molecule has 0 saturated carbocycles. The van der Waals surface area contributed by atoms with Gasteiger partial charge in [-0.05, 0) is 29.7 Å². The molecule has 1 aliphatic rings. The molecule has 0 saturated heterocycles. The molecule has 20 heavy (non-hydrogen) atoms. The summed E-state index contributed by atoms with van der Waals surface area (Å²) >= 11 is 0. The van der Waals surface area contributed by atoms with Crippen LogP contribution in [0.4, 0.5) is 8.78 Å². The van der Waals surface area contributed by atoms with Gasteiger partial charge in [-0.15, -0.1) is 0 Å². The molecule has 1 aliphatic heterocycles. The van der Waals surface area contributed by atoms with Crippen molar-refractivity contribution in [1.82, 2.24) is 4.57 Å². The molecular weight excluding hydrogens is 264 g/mol. The number of esters is 1. The summed E-state index contributed by atoms with van der Waals surface area (Å²) in [6.07, 6.45) is 0. The number of nitrogens with zero attached hydrogens (tertiary/aromatic N) is 1. The maximum Gasteiger partial charge on any atom is 0.357 e. The molecule has 0 atom stereocenters. The molecule has 1 aromatic carbocycles. The quantitative estimate of drug-likeness (QED) is 0.805. The largest absolute Gasteiger partial charge is 0.428 e. The average molecular weight is 279 g/mol. The topological polar surface area (TPSA) is 31.2 Å². The monoisotopic (exact) mass is 279 g/mol. The van der Waals surface area contributed by atoms with Gasteiger partial charge in [-0.1, -0.05) is 19.9 Å². The number of fused-ring (bicyclic) bond motifs is 3. The first-order chi connectivity index (χ1) is 9.52. The Morgan fingerprint density at radius 2 is 1.95 bits per heavy atom. The summed E-state index contributed by atoms with van der Waals surface area (Å²) in [5.41, 5.74) is 0.0936. The highest BCUT2D eigenvalue weighted by Crippen LogP contribution is 2.37. The van der Waals surface area contributed by atoms with E-state index in [1.54, 1.807) is 12.1 Å². The van der Waals surface area contributed by atoms with Crippen molar-refractivity contribution >= 4 is 16.9 Å². The van der Waals surface area contributed by atoms with E-state index in [4.69, 9.17) is 4.74 Å². The summed E-state index contributed by atoms with van der Waals surface area (Å²) in [5.74, 6) is -0.337. The number of rotatable bonds is 3. The fourth-order valence-corrected chi connectivity index (χ4v) is 2.66. The summed E-state index contributed by atoms with van der Waals surface area (Å²) in [4.78, 5) is 11.8. The van der Waals surface area contributed by atoms with E-state index in [0.717, 1.165) is 10.9 Å². The van der Waals surface area contributed by atoms with Crippen LogP contribution in [0.5, 0.6) is 0 Å². The SMILES string of the molecule is CC(C)c1ccc2c(c1)cc1n2C(CF)(CF)OC1=O. The normalized spacial score (nSPS) is 16.8. The zero-order valence-corrected chi connectivity index (χ0v) is 11.3. The number of hydrogen-bond donors (Lipinski definition) is 0. The van der Waals surface area contributed by atoms with E-state index in [0.29, 0.717) is 11.4 Å². The van der Waals surface area contributed by atoms with Gasteiger partial charge in [0.2, 0.25) is 5.72 Å². The number of halogens is 2. The minimum Gasteiger partial charge on any atom is -0.428 e. The lowest BCUT2D eigenvalue weighted by molar-refractivity contribution is -0.0708. The van der Waals surface area contributed by atoms with E-state index in [9.17, 15) is 13.6 Å². The van der Waals surface area contributed by atoms with Crippen LogP contribution in [0.2, 0.25) is 0 Å². The highest BCUT2D eigenvalue weighted by atomic mass is 19.1. The third kappa shape index (κ3) is 1.58. The van der Waals surface area contributed by atoms with Gasteiger partial charge in [0.25, 0.3) is 0 Å². The van der Waals surface area contributed by atoms with E-state index < -0.39 is 25.0 Å². The molecule has 0 N–H and O–H groups in total. The van der Waals surface area contributed by atoms with Crippen LogP contribution in [0, 0.1) is 0 Å². The van der Waals surface area contributed by atoms with Gasteiger partial charge in [-0.25, -0.2) is 13.6 Å². The molecule has 0 aliphatic carbocycles.